The van der Waals surface area contributed by atoms with E-state index in [9.17, 15) is 13.2 Å². The van der Waals surface area contributed by atoms with Crippen molar-refractivity contribution in [2.75, 3.05) is 33.5 Å². The van der Waals surface area contributed by atoms with Crippen LogP contribution in [0.2, 0.25) is 0 Å². The second-order valence-electron chi connectivity index (χ2n) is 16.5. The molecule has 3 aromatic heterocycles. The molecular weight excluding hydrogens is 769 g/mol. The second kappa shape index (κ2) is 15.7. The first-order valence-electron chi connectivity index (χ1n) is 20.6. The van der Waals surface area contributed by atoms with Crippen LogP contribution in [-0.4, -0.2) is 95.3 Å². The number of nitrogens with one attached hydrogen (secondary N) is 1. The van der Waals surface area contributed by atoms with E-state index in [4.69, 9.17) is 19.3 Å². The summed E-state index contributed by atoms with van der Waals surface area (Å²) >= 11 is 0. The van der Waals surface area contributed by atoms with E-state index in [0.717, 1.165) is 70.2 Å². The summed E-state index contributed by atoms with van der Waals surface area (Å²) in [6, 6.07) is 13.2. The molecule has 310 valence electrons. The number of benzene rings is 2. The van der Waals surface area contributed by atoms with Crippen molar-refractivity contribution in [2.45, 2.75) is 89.1 Å². The van der Waals surface area contributed by atoms with Crippen LogP contribution in [-0.2, 0) is 26.0 Å². The molecular formula is C45H52N6O7S. The van der Waals surface area contributed by atoms with Gasteiger partial charge < -0.3 is 23.7 Å². The molecule has 6 heterocycles. The average Bonchev–Trinajstić information content (AvgIpc) is 3.72. The van der Waals surface area contributed by atoms with Crippen LogP contribution in [0.25, 0.3) is 39.5 Å². The first kappa shape index (κ1) is 39.2. The first-order valence-corrected chi connectivity index (χ1v) is 22.2. The molecule has 2 atom stereocenters. The summed E-state index contributed by atoms with van der Waals surface area (Å²) in [6.07, 6.45) is 13.5. The molecule has 2 unspecified atom stereocenters. The second-order valence-corrected chi connectivity index (χ2v) is 18.7. The van der Waals surface area contributed by atoms with E-state index >= 15 is 4.79 Å². The number of hydrogen-bond donors (Lipinski definition) is 1. The Morgan fingerprint density at radius 3 is 2.53 bits per heavy atom. The number of amides is 2. The van der Waals surface area contributed by atoms with Gasteiger partial charge in [0.1, 0.15) is 5.75 Å². The largest absolute Gasteiger partial charge is 0.497 e. The Labute approximate surface area is 345 Å². The van der Waals surface area contributed by atoms with Gasteiger partial charge in [-0.05, 0) is 111 Å². The van der Waals surface area contributed by atoms with Crippen molar-refractivity contribution in [3.63, 3.8) is 0 Å². The van der Waals surface area contributed by atoms with E-state index in [1.165, 1.54) is 12.0 Å². The number of carbonyl (C=O) groups excluding carboxylic acids is 2. The highest BCUT2D eigenvalue weighted by molar-refractivity contribution is 7.90. The summed E-state index contributed by atoms with van der Waals surface area (Å²) in [5.74, 6) is 0.151. The van der Waals surface area contributed by atoms with Gasteiger partial charge in [0.25, 0.3) is 11.8 Å². The number of sulfonamides is 1. The molecule has 2 bridgehead atoms. The van der Waals surface area contributed by atoms with E-state index in [-0.39, 0.29) is 30.9 Å². The molecule has 2 saturated heterocycles. The maximum absolute atomic E-state index is 15.1. The number of methoxy groups -OCH3 is 1. The van der Waals surface area contributed by atoms with Crippen molar-refractivity contribution in [1.29, 1.82) is 0 Å². The standard InChI is InChI=1S/C45H50N6O7S.H2/c1-27(2)59(54,55)48-44(52)30-10-12-37-40(20-30)49-23-32(18-31-19-35(56-4)11-13-36(31)43(49)41(37)29-8-6-5-7-9-29)42-38(22-47-51(42)39-14-16-46-21-28(39)3)45(53)50-33-15-17-57-25-34(50)26-58-24-33;/h10-14,16,18-22,27,29,33-34H,5-9,15,17,23-26H2,1-4H3,(H,48,52);1H. The van der Waals surface area contributed by atoms with Crippen molar-refractivity contribution in [3.8, 4) is 22.7 Å². The first-order chi connectivity index (χ1) is 28.5. The minimum Gasteiger partial charge on any atom is -0.497 e. The van der Waals surface area contributed by atoms with E-state index in [1.807, 2.05) is 46.8 Å². The van der Waals surface area contributed by atoms with Gasteiger partial charge in [0.05, 0.1) is 79.6 Å². The fourth-order valence-corrected chi connectivity index (χ4v) is 10.0. The Morgan fingerprint density at radius 2 is 1.75 bits per heavy atom. The number of hydrogen-bond acceptors (Lipinski definition) is 9. The molecule has 1 N–H and O–H groups in total. The van der Waals surface area contributed by atoms with Crippen LogP contribution in [0.4, 0.5) is 0 Å². The fourth-order valence-electron chi connectivity index (χ4n) is 9.39. The molecule has 5 aromatic rings. The number of pyridine rings is 1. The third kappa shape index (κ3) is 7.04. The summed E-state index contributed by atoms with van der Waals surface area (Å²) in [7, 11) is -2.22. The lowest BCUT2D eigenvalue weighted by Crippen LogP contribution is -2.55. The van der Waals surface area contributed by atoms with E-state index in [1.54, 1.807) is 45.6 Å². The summed E-state index contributed by atoms with van der Waals surface area (Å²) in [5.41, 5.74) is 8.84. The Hall–Kier alpha value is -5.31. The minimum absolute atomic E-state index is 0. The van der Waals surface area contributed by atoms with Crippen LogP contribution in [0, 0.1) is 6.92 Å². The fraction of sp³-hybridized carbons (Fsp3) is 0.422. The van der Waals surface area contributed by atoms with Gasteiger partial charge in [-0.2, -0.15) is 5.10 Å². The van der Waals surface area contributed by atoms with E-state index in [0.29, 0.717) is 56.4 Å². The molecule has 3 fully saturated rings. The summed E-state index contributed by atoms with van der Waals surface area (Å²) in [6.45, 7) is 7.15. The number of ether oxygens (including phenoxy) is 3. The quantitative estimate of drug-likeness (QED) is 0.172. The van der Waals surface area contributed by atoms with Crippen LogP contribution in [0.1, 0.15) is 103 Å². The smallest absolute Gasteiger partial charge is 0.264 e. The van der Waals surface area contributed by atoms with Crippen LogP contribution in [0.3, 0.4) is 0 Å². The summed E-state index contributed by atoms with van der Waals surface area (Å²) < 4.78 is 49.8. The normalized spacial score (nSPS) is 19.7. The monoisotopic (exact) mass is 820 g/mol. The van der Waals surface area contributed by atoms with E-state index in [2.05, 4.69) is 26.4 Å². The molecule has 3 aliphatic heterocycles. The third-order valence-electron chi connectivity index (χ3n) is 12.5. The maximum Gasteiger partial charge on any atom is 0.264 e. The minimum atomic E-state index is -3.88. The van der Waals surface area contributed by atoms with Crippen molar-refractivity contribution >= 4 is 44.4 Å². The molecule has 1 aliphatic carbocycles. The molecule has 14 heteroatoms. The maximum atomic E-state index is 15.1. The predicted molar refractivity (Wildman–Crippen MR) is 227 cm³/mol. The predicted octanol–water partition coefficient (Wildman–Crippen LogP) is 7.15. The van der Waals surface area contributed by atoms with Crippen molar-refractivity contribution in [2.24, 2.45) is 0 Å². The number of allylic oxidation sites excluding steroid dienone is 1. The van der Waals surface area contributed by atoms with Gasteiger partial charge in [0.2, 0.25) is 10.0 Å². The zero-order valence-electron chi connectivity index (χ0n) is 33.9. The molecule has 9 rings (SSSR count). The topological polar surface area (TPSA) is 147 Å². The number of fused-ring (bicyclic) bond motifs is 7. The lowest BCUT2D eigenvalue weighted by atomic mass is 9.81. The highest BCUT2D eigenvalue weighted by Crippen LogP contribution is 2.48. The van der Waals surface area contributed by atoms with Crippen molar-refractivity contribution in [3.05, 3.63) is 94.6 Å². The van der Waals surface area contributed by atoms with E-state index < -0.39 is 21.2 Å². The number of carbonyl (C=O) groups is 2. The van der Waals surface area contributed by atoms with Crippen LogP contribution >= 0.6 is 0 Å². The Bertz CT molecular complexity index is 2600. The van der Waals surface area contributed by atoms with Gasteiger partial charge in [-0.3, -0.25) is 14.6 Å². The number of aromatic nitrogens is 4. The molecule has 59 heavy (non-hydrogen) atoms. The number of aryl methyl sites for hydroxylation is 1. The van der Waals surface area contributed by atoms with Gasteiger partial charge in [-0.25, -0.2) is 17.8 Å². The van der Waals surface area contributed by atoms with Gasteiger partial charge in [0.15, 0.2) is 0 Å². The SMILES string of the molecule is COc1ccc2c(c1)C=C(c1c(C(=O)N3C4CCOCC3COC4)cnn1-c1ccncc1C)Cn1c-2c(C2CCCCC2)c2ccc(C(=O)NS(=O)(=O)C(C)C)cc21.[HH]. The third-order valence-corrected chi connectivity index (χ3v) is 14.2. The van der Waals surface area contributed by atoms with Crippen LogP contribution in [0.15, 0.2) is 61.1 Å². The zero-order valence-corrected chi connectivity index (χ0v) is 34.8. The average molecular weight is 821 g/mol. The Kier molecular flexibility index (Phi) is 10.4. The van der Waals surface area contributed by atoms with Gasteiger partial charge in [-0.15, -0.1) is 0 Å². The van der Waals surface area contributed by atoms with Gasteiger partial charge in [0, 0.05) is 42.5 Å². The molecule has 2 aromatic carbocycles. The van der Waals surface area contributed by atoms with Gasteiger partial charge in [-0.1, -0.05) is 25.3 Å². The molecule has 0 radical (unpaired) electrons. The highest BCUT2D eigenvalue weighted by Gasteiger charge is 2.40. The molecule has 1 saturated carbocycles. The van der Waals surface area contributed by atoms with Crippen molar-refractivity contribution in [1.82, 2.24) is 29.0 Å². The lowest BCUT2D eigenvalue weighted by molar-refractivity contribution is -0.0380. The summed E-state index contributed by atoms with van der Waals surface area (Å²) in [4.78, 5) is 35.1. The Balaban J connectivity index is 0.00000499. The van der Waals surface area contributed by atoms with Crippen molar-refractivity contribution < 1.29 is 33.6 Å². The number of rotatable bonds is 8. The molecule has 13 nitrogen and oxygen atoms in total. The summed E-state index contributed by atoms with van der Waals surface area (Å²) in [5, 5.41) is 5.19. The highest BCUT2D eigenvalue weighted by atomic mass is 32.2. The zero-order chi connectivity index (χ0) is 41.0. The number of morpholine rings is 1. The molecule has 0 spiro atoms. The Morgan fingerprint density at radius 1 is 0.949 bits per heavy atom. The van der Waals surface area contributed by atoms with Gasteiger partial charge >= 0.3 is 0 Å². The molecule has 2 amide bonds. The van der Waals surface area contributed by atoms with Crippen LogP contribution in [0.5, 0.6) is 5.75 Å². The number of nitrogens with zero attached hydrogens (tertiary/aromatic N) is 5. The molecule has 4 aliphatic rings. The lowest BCUT2D eigenvalue weighted by Gasteiger charge is -2.39. The van der Waals surface area contributed by atoms with Crippen LogP contribution < -0.4 is 9.46 Å².